The fourth-order valence-corrected chi connectivity index (χ4v) is 5.52. The van der Waals surface area contributed by atoms with Crippen LogP contribution in [0.2, 0.25) is 0 Å². The van der Waals surface area contributed by atoms with E-state index in [1.54, 1.807) is 21.0 Å². The van der Waals surface area contributed by atoms with Crippen molar-refractivity contribution < 1.29 is 23.1 Å². The fourth-order valence-electron chi connectivity index (χ4n) is 4.07. The van der Waals surface area contributed by atoms with Gasteiger partial charge in [0.05, 0.1) is 18.6 Å². The molecule has 7 nitrogen and oxygen atoms in total. The third kappa shape index (κ3) is 4.76. The molecule has 0 aromatic heterocycles. The average molecular weight is 447 g/mol. The Morgan fingerprint density at radius 1 is 1.16 bits per heavy atom. The Morgan fingerprint density at radius 2 is 1.84 bits per heavy atom. The Morgan fingerprint density at radius 3 is 2.45 bits per heavy atom. The number of benzene rings is 2. The Balaban J connectivity index is 1.72. The van der Waals surface area contributed by atoms with Gasteiger partial charge in [0, 0.05) is 18.7 Å². The van der Waals surface area contributed by atoms with E-state index in [1.165, 1.54) is 28.6 Å². The molecule has 3 rings (SSSR count). The molecule has 2 N–H and O–H groups in total. The molecule has 0 bridgehead atoms. The van der Waals surface area contributed by atoms with E-state index < -0.39 is 15.6 Å². The van der Waals surface area contributed by atoms with E-state index in [1.807, 2.05) is 18.2 Å². The van der Waals surface area contributed by atoms with E-state index in [4.69, 9.17) is 4.74 Å². The number of amides is 1. The van der Waals surface area contributed by atoms with Crippen LogP contribution in [0.3, 0.4) is 0 Å². The van der Waals surface area contributed by atoms with Crippen molar-refractivity contribution in [3.05, 3.63) is 59.2 Å². The molecule has 0 saturated carbocycles. The van der Waals surface area contributed by atoms with Crippen LogP contribution in [0.5, 0.6) is 5.75 Å². The van der Waals surface area contributed by atoms with E-state index in [2.05, 4.69) is 5.32 Å². The van der Waals surface area contributed by atoms with Crippen LogP contribution in [0, 0.1) is 0 Å². The number of ether oxygens (including phenoxy) is 1. The van der Waals surface area contributed by atoms with E-state index in [9.17, 15) is 18.3 Å². The predicted molar refractivity (Wildman–Crippen MR) is 119 cm³/mol. The number of rotatable bonds is 8. The molecule has 1 atom stereocenters. The highest BCUT2D eigenvalue weighted by molar-refractivity contribution is 7.89. The van der Waals surface area contributed by atoms with Crippen molar-refractivity contribution in [3.63, 3.8) is 0 Å². The van der Waals surface area contributed by atoms with E-state index in [-0.39, 0.29) is 17.3 Å². The van der Waals surface area contributed by atoms with Crippen LogP contribution >= 0.6 is 0 Å². The Bertz CT molecular complexity index is 1030. The summed E-state index contributed by atoms with van der Waals surface area (Å²) in [6.07, 6.45) is 2.21. The number of sulfonamides is 1. The molecule has 0 spiro atoms. The van der Waals surface area contributed by atoms with Gasteiger partial charge in [0.25, 0.3) is 5.91 Å². The van der Waals surface area contributed by atoms with Crippen molar-refractivity contribution >= 4 is 15.9 Å². The van der Waals surface area contributed by atoms with Gasteiger partial charge in [0.1, 0.15) is 11.4 Å². The Kier molecular flexibility index (Phi) is 7.03. The average Bonchev–Trinajstić information content (AvgIpc) is 2.78. The summed E-state index contributed by atoms with van der Waals surface area (Å²) in [6, 6.07) is 11.5. The number of aryl methyl sites for hydroxylation is 1. The van der Waals surface area contributed by atoms with Crippen LogP contribution in [0.25, 0.3) is 0 Å². The van der Waals surface area contributed by atoms with Gasteiger partial charge in [-0.05, 0) is 66.8 Å². The number of carbonyl (C=O) groups excluding carboxylic acids is 1. The summed E-state index contributed by atoms with van der Waals surface area (Å²) in [5.41, 5.74) is 1.02. The number of hydrogen-bond donors (Lipinski definition) is 2. The van der Waals surface area contributed by atoms with Crippen LogP contribution in [0.1, 0.15) is 48.2 Å². The lowest BCUT2D eigenvalue weighted by molar-refractivity contribution is 0.0189. The zero-order chi connectivity index (χ0) is 22.6. The SMILES string of the molecule is CCN(CC)S(=O)(=O)c1ccc(C(=O)NCC2(O)CCCc3cc(OC)ccc32)cc1. The third-order valence-electron chi connectivity index (χ3n) is 5.85. The second-order valence-electron chi connectivity index (χ2n) is 7.70. The standard InChI is InChI=1S/C23H30N2O5S/c1-4-25(5-2)31(28,29)20-11-8-17(9-12-20)22(26)24-16-23(27)14-6-7-18-15-19(30-3)10-13-21(18)23/h8-13,15,27H,4-7,14,16H2,1-3H3,(H,24,26). The van der Waals surface area contributed by atoms with Crippen molar-refractivity contribution in [2.24, 2.45) is 0 Å². The molecule has 8 heteroatoms. The molecule has 2 aromatic rings. The summed E-state index contributed by atoms with van der Waals surface area (Å²) in [7, 11) is -1.96. The van der Waals surface area contributed by atoms with Gasteiger partial charge in [-0.2, -0.15) is 4.31 Å². The second kappa shape index (κ2) is 9.38. The summed E-state index contributed by atoms with van der Waals surface area (Å²) < 4.78 is 31.8. The van der Waals surface area contributed by atoms with Gasteiger partial charge in [-0.1, -0.05) is 19.9 Å². The molecule has 1 aliphatic rings. The monoisotopic (exact) mass is 446 g/mol. The van der Waals surface area contributed by atoms with Gasteiger partial charge in [-0.3, -0.25) is 4.79 Å². The van der Waals surface area contributed by atoms with Crippen LogP contribution in [-0.2, 0) is 22.0 Å². The van der Waals surface area contributed by atoms with Gasteiger partial charge in [0.15, 0.2) is 0 Å². The van der Waals surface area contributed by atoms with Crippen molar-refractivity contribution in [1.82, 2.24) is 9.62 Å². The molecular formula is C23H30N2O5S. The molecule has 0 radical (unpaired) electrons. The number of nitrogens with zero attached hydrogens (tertiary/aromatic N) is 1. The van der Waals surface area contributed by atoms with Gasteiger partial charge >= 0.3 is 0 Å². The van der Waals surface area contributed by atoms with Crippen molar-refractivity contribution in [2.45, 2.75) is 43.6 Å². The smallest absolute Gasteiger partial charge is 0.251 e. The molecule has 168 valence electrons. The lowest BCUT2D eigenvalue weighted by Crippen LogP contribution is -2.43. The van der Waals surface area contributed by atoms with Crippen molar-refractivity contribution in [3.8, 4) is 5.75 Å². The summed E-state index contributed by atoms with van der Waals surface area (Å²) in [5, 5.41) is 14.0. The van der Waals surface area contributed by atoms with Crippen molar-refractivity contribution in [2.75, 3.05) is 26.7 Å². The highest BCUT2D eigenvalue weighted by Gasteiger charge is 2.35. The number of nitrogens with one attached hydrogen (secondary N) is 1. The number of aliphatic hydroxyl groups is 1. The predicted octanol–water partition coefficient (Wildman–Crippen LogP) is 2.68. The summed E-state index contributed by atoms with van der Waals surface area (Å²) in [5.74, 6) is 0.382. The Hall–Kier alpha value is -2.42. The van der Waals surface area contributed by atoms with Crippen LogP contribution in [0.15, 0.2) is 47.4 Å². The maximum Gasteiger partial charge on any atom is 0.251 e. The highest BCUT2D eigenvalue weighted by Crippen LogP contribution is 2.36. The molecule has 1 amide bonds. The number of fused-ring (bicyclic) bond motifs is 1. The topological polar surface area (TPSA) is 95.9 Å². The lowest BCUT2D eigenvalue weighted by atomic mass is 9.79. The van der Waals surface area contributed by atoms with Gasteiger partial charge in [-0.15, -0.1) is 0 Å². The molecule has 0 aliphatic heterocycles. The first-order chi connectivity index (χ1) is 14.7. The normalized spacial score (nSPS) is 18.5. The molecule has 2 aromatic carbocycles. The Labute approximate surface area is 184 Å². The van der Waals surface area contributed by atoms with Crippen LogP contribution in [0.4, 0.5) is 0 Å². The first kappa shape index (κ1) is 23.2. The lowest BCUT2D eigenvalue weighted by Gasteiger charge is -2.35. The third-order valence-corrected chi connectivity index (χ3v) is 7.92. The molecule has 0 heterocycles. The summed E-state index contributed by atoms with van der Waals surface area (Å²) in [4.78, 5) is 12.8. The van der Waals surface area contributed by atoms with Crippen LogP contribution < -0.4 is 10.1 Å². The molecule has 1 aliphatic carbocycles. The van der Waals surface area contributed by atoms with E-state index in [0.717, 1.165) is 29.7 Å². The van der Waals surface area contributed by atoms with Gasteiger partial charge < -0.3 is 15.2 Å². The molecule has 0 fully saturated rings. The highest BCUT2D eigenvalue weighted by atomic mass is 32.2. The first-order valence-electron chi connectivity index (χ1n) is 10.5. The molecular weight excluding hydrogens is 416 g/mol. The quantitative estimate of drug-likeness (QED) is 0.650. The van der Waals surface area contributed by atoms with E-state index >= 15 is 0 Å². The first-order valence-corrected chi connectivity index (χ1v) is 12.0. The number of hydrogen-bond acceptors (Lipinski definition) is 5. The largest absolute Gasteiger partial charge is 0.497 e. The molecule has 1 unspecified atom stereocenters. The zero-order valence-electron chi connectivity index (χ0n) is 18.2. The van der Waals surface area contributed by atoms with Gasteiger partial charge in [0.2, 0.25) is 10.0 Å². The fraction of sp³-hybridized carbons (Fsp3) is 0.435. The summed E-state index contributed by atoms with van der Waals surface area (Å²) >= 11 is 0. The summed E-state index contributed by atoms with van der Waals surface area (Å²) in [6.45, 7) is 4.41. The zero-order valence-corrected chi connectivity index (χ0v) is 19.0. The second-order valence-corrected chi connectivity index (χ2v) is 9.64. The molecule has 0 saturated heterocycles. The number of methoxy groups -OCH3 is 1. The number of carbonyl (C=O) groups is 1. The van der Waals surface area contributed by atoms with Crippen molar-refractivity contribution in [1.29, 1.82) is 0 Å². The minimum Gasteiger partial charge on any atom is -0.497 e. The maximum absolute atomic E-state index is 12.6. The minimum absolute atomic E-state index is 0.0741. The maximum atomic E-state index is 12.6. The van der Waals surface area contributed by atoms with Gasteiger partial charge in [-0.25, -0.2) is 8.42 Å². The minimum atomic E-state index is -3.57. The van der Waals surface area contributed by atoms with Crippen LogP contribution in [-0.4, -0.2) is 50.5 Å². The molecule has 31 heavy (non-hydrogen) atoms. The van der Waals surface area contributed by atoms with E-state index in [0.29, 0.717) is 25.1 Å².